The Morgan fingerprint density at radius 3 is 2.57 bits per heavy atom. The van der Waals surface area contributed by atoms with Crippen molar-refractivity contribution in [1.29, 1.82) is 0 Å². The second-order valence-corrected chi connectivity index (χ2v) is 3.03. The van der Waals surface area contributed by atoms with Crippen LogP contribution in [0.3, 0.4) is 0 Å². The van der Waals surface area contributed by atoms with Gasteiger partial charge in [-0.15, -0.1) is 24.8 Å². The maximum Gasteiger partial charge on any atom is 0.0409 e. The van der Waals surface area contributed by atoms with Gasteiger partial charge in [0, 0.05) is 24.7 Å². The van der Waals surface area contributed by atoms with Crippen LogP contribution in [0, 0.1) is 0 Å². The SMILES string of the molecule is Cl.Cl.NCCNCc1cccc(Cl)c1. The van der Waals surface area contributed by atoms with Gasteiger partial charge in [0.05, 0.1) is 0 Å². The van der Waals surface area contributed by atoms with Gasteiger partial charge in [0.1, 0.15) is 0 Å². The van der Waals surface area contributed by atoms with Crippen LogP contribution in [0.25, 0.3) is 0 Å². The number of halogens is 3. The molecule has 0 saturated heterocycles. The van der Waals surface area contributed by atoms with Crippen LogP contribution in [-0.2, 0) is 6.54 Å². The molecule has 1 aromatic rings. The predicted molar refractivity (Wildman–Crippen MR) is 66.7 cm³/mol. The lowest BCUT2D eigenvalue weighted by molar-refractivity contribution is 0.695. The molecule has 0 aromatic heterocycles. The van der Waals surface area contributed by atoms with Crippen LogP contribution in [-0.4, -0.2) is 13.1 Å². The Morgan fingerprint density at radius 2 is 2.00 bits per heavy atom. The Labute approximate surface area is 102 Å². The standard InChI is InChI=1S/C9H13ClN2.2ClH/c10-9-3-1-2-8(6-9)7-12-5-4-11;;/h1-3,6,12H,4-5,7,11H2;2*1H. The maximum atomic E-state index is 5.81. The molecule has 1 aromatic carbocycles. The zero-order valence-electron chi connectivity index (χ0n) is 7.70. The van der Waals surface area contributed by atoms with E-state index in [1.165, 1.54) is 5.56 Å². The molecule has 0 atom stereocenters. The Balaban J connectivity index is 0. The average Bonchev–Trinajstić information content (AvgIpc) is 2.05. The molecule has 0 heterocycles. The third-order valence-electron chi connectivity index (χ3n) is 1.54. The zero-order chi connectivity index (χ0) is 8.81. The highest BCUT2D eigenvalue weighted by molar-refractivity contribution is 6.30. The Bertz CT molecular complexity index is 243. The normalized spacial score (nSPS) is 8.71. The second-order valence-electron chi connectivity index (χ2n) is 2.60. The van der Waals surface area contributed by atoms with Crippen LogP contribution in [0.1, 0.15) is 5.56 Å². The molecule has 0 aliphatic carbocycles. The first-order valence-electron chi connectivity index (χ1n) is 3.98. The van der Waals surface area contributed by atoms with Crippen LogP contribution < -0.4 is 11.1 Å². The van der Waals surface area contributed by atoms with Gasteiger partial charge in [-0.25, -0.2) is 0 Å². The summed E-state index contributed by atoms with van der Waals surface area (Å²) >= 11 is 5.81. The molecule has 2 nitrogen and oxygen atoms in total. The van der Waals surface area contributed by atoms with Gasteiger partial charge in [-0.2, -0.15) is 0 Å². The Morgan fingerprint density at radius 1 is 1.29 bits per heavy atom. The molecule has 0 saturated carbocycles. The van der Waals surface area contributed by atoms with Gasteiger partial charge < -0.3 is 11.1 Å². The van der Waals surface area contributed by atoms with Crippen LogP contribution in [0.2, 0.25) is 5.02 Å². The average molecular weight is 258 g/mol. The highest BCUT2D eigenvalue weighted by atomic mass is 35.5. The summed E-state index contributed by atoms with van der Waals surface area (Å²) in [6.07, 6.45) is 0. The minimum Gasteiger partial charge on any atom is -0.329 e. The van der Waals surface area contributed by atoms with E-state index in [1.807, 2.05) is 24.3 Å². The van der Waals surface area contributed by atoms with Crippen molar-refractivity contribution in [2.24, 2.45) is 5.73 Å². The van der Waals surface area contributed by atoms with Gasteiger partial charge in [-0.05, 0) is 17.7 Å². The van der Waals surface area contributed by atoms with Crippen molar-refractivity contribution in [1.82, 2.24) is 5.32 Å². The molecule has 0 aliphatic rings. The summed E-state index contributed by atoms with van der Waals surface area (Å²) in [5, 5.41) is 3.97. The summed E-state index contributed by atoms with van der Waals surface area (Å²) < 4.78 is 0. The molecule has 0 unspecified atom stereocenters. The van der Waals surface area contributed by atoms with Crippen LogP contribution in [0.15, 0.2) is 24.3 Å². The molecule has 0 fully saturated rings. The van der Waals surface area contributed by atoms with E-state index in [4.69, 9.17) is 17.3 Å². The molecule has 0 bridgehead atoms. The van der Waals surface area contributed by atoms with E-state index in [0.717, 1.165) is 18.1 Å². The van der Waals surface area contributed by atoms with Crippen molar-refractivity contribution in [3.05, 3.63) is 34.9 Å². The van der Waals surface area contributed by atoms with E-state index >= 15 is 0 Å². The molecule has 0 spiro atoms. The quantitative estimate of drug-likeness (QED) is 0.812. The van der Waals surface area contributed by atoms with Crippen molar-refractivity contribution in [2.75, 3.05) is 13.1 Å². The van der Waals surface area contributed by atoms with Crippen molar-refractivity contribution < 1.29 is 0 Å². The first-order valence-corrected chi connectivity index (χ1v) is 4.36. The Hall–Kier alpha value is 0.01000. The third-order valence-corrected chi connectivity index (χ3v) is 1.77. The fraction of sp³-hybridized carbons (Fsp3) is 0.333. The highest BCUT2D eigenvalue weighted by Crippen LogP contribution is 2.09. The van der Waals surface area contributed by atoms with Crippen molar-refractivity contribution in [2.45, 2.75) is 6.54 Å². The molecule has 1 rings (SSSR count). The molecular weight excluding hydrogens is 242 g/mol. The fourth-order valence-corrected chi connectivity index (χ4v) is 1.19. The van der Waals surface area contributed by atoms with E-state index in [2.05, 4.69) is 5.32 Å². The van der Waals surface area contributed by atoms with E-state index in [1.54, 1.807) is 0 Å². The van der Waals surface area contributed by atoms with Crippen LogP contribution in [0.4, 0.5) is 0 Å². The lowest BCUT2D eigenvalue weighted by atomic mass is 10.2. The number of rotatable bonds is 4. The van der Waals surface area contributed by atoms with Gasteiger partial charge in [-0.3, -0.25) is 0 Å². The molecule has 14 heavy (non-hydrogen) atoms. The van der Waals surface area contributed by atoms with E-state index in [-0.39, 0.29) is 24.8 Å². The second kappa shape index (κ2) is 9.56. The van der Waals surface area contributed by atoms with Gasteiger partial charge in [0.15, 0.2) is 0 Å². The molecule has 3 N–H and O–H groups in total. The largest absolute Gasteiger partial charge is 0.329 e. The third kappa shape index (κ3) is 6.46. The monoisotopic (exact) mass is 256 g/mol. The molecule has 0 radical (unpaired) electrons. The van der Waals surface area contributed by atoms with Crippen LogP contribution in [0.5, 0.6) is 0 Å². The minimum atomic E-state index is 0. The molecule has 5 heteroatoms. The highest BCUT2D eigenvalue weighted by Gasteiger charge is 1.92. The summed E-state index contributed by atoms with van der Waals surface area (Å²) in [4.78, 5) is 0. The van der Waals surface area contributed by atoms with E-state index in [0.29, 0.717) is 6.54 Å². The van der Waals surface area contributed by atoms with Crippen molar-refractivity contribution in [3.8, 4) is 0 Å². The number of benzene rings is 1. The first kappa shape index (κ1) is 16.4. The number of nitrogens with two attached hydrogens (primary N) is 1. The van der Waals surface area contributed by atoms with Gasteiger partial charge in [0.25, 0.3) is 0 Å². The molecule has 0 amide bonds. The van der Waals surface area contributed by atoms with E-state index in [9.17, 15) is 0 Å². The van der Waals surface area contributed by atoms with Gasteiger partial charge in [-0.1, -0.05) is 23.7 Å². The molecule has 0 aliphatic heterocycles. The lowest BCUT2D eigenvalue weighted by Crippen LogP contribution is -2.21. The summed E-state index contributed by atoms with van der Waals surface area (Å²) in [6.45, 7) is 2.34. The predicted octanol–water partition coefficient (Wildman–Crippen LogP) is 2.23. The molecule has 82 valence electrons. The van der Waals surface area contributed by atoms with Crippen molar-refractivity contribution >= 4 is 36.4 Å². The first-order chi connectivity index (χ1) is 5.83. The van der Waals surface area contributed by atoms with Crippen LogP contribution >= 0.6 is 36.4 Å². The lowest BCUT2D eigenvalue weighted by Gasteiger charge is -2.02. The fourth-order valence-electron chi connectivity index (χ4n) is 0.982. The smallest absolute Gasteiger partial charge is 0.0409 e. The maximum absolute atomic E-state index is 5.81. The van der Waals surface area contributed by atoms with Crippen molar-refractivity contribution in [3.63, 3.8) is 0 Å². The minimum absolute atomic E-state index is 0. The Kier molecular flexibility index (Phi) is 11.2. The molecular formula is C9H15Cl3N2. The summed E-state index contributed by atoms with van der Waals surface area (Å²) in [5.41, 5.74) is 6.52. The summed E-state index contributed by atoms with van der Waals surface area (Å²) in [5.74, 6) is 0. The van der Waals surface area contributed by atoms with Gasteiger partial charge in [0.2, 0.25) is 0 Å². The van der Waals surface area contributed by atoms with Gasteiger partial charge >= 0.3 is 0 Å². The topological polar surface area (TPSA) is 38.0 Å². The summed E-state index contributed by atoms with van der Waals surface area (Å²) in [7, 11) is 0. The number of hydrogen-bond acceptors (Lipinski definition) is 2. The number of nitrogens with one attached hydrogen (secondary N) is 1. The summed E-state index contributed by atoms with van der Waals surface area (Å²) in [6, 6.07) is 7.80. The van der Waals surface area contributed by atoms with E-state index < -0.39 is 0 Å². The zero-order valence-corrected chi connectivity index (χ0v) is 10.1. The number of hydrogen-bond donors (Lipinski definition) is 2.